The van der Waals surface area contributed by atoms with Crippen LogP contribution in [0.5, 0.6) is 11.5 Å². The van der Waals surface area contributed by atoms with Crippen molar-refractivity contribution in [1.29, 1.82) is 0 Å². The Bertz CT molecular complexity index is 710. The maximum Gasteiger partial charge on any atom is 0.261 e. The van der Waals surface area contributed by atoms with E-state index in [1.807, 2.05) is 18.2 Å². The first-order valence-electron chi connectivity index (χ1n) is 8.03. The Labute approximate surface area is 150 Å². The minimum absolute atomic E-state index is 0.128. The van der Waals surface area contributed by atoms with Crippen LogP contribution in [0.2, 0.25) is 4.34 Å². The molecule has 1 aromatic heterocycles. The van der Waals surface area contributed by atoms with Gasteiger partial charge in [0.05, 0.1) is 22.4 Å². The summed E-state index contributed by atoms with van der Waals surface area (Å²) >= 11 is 7.12. The Morgan fingerprint density at radius 2 is 2.04 bits per heavy atom. The Morgan fingerprint density at radius 1 is 1.25 bits per heavy atom. The number of thiophene rings is 1. The molecular weight excluding hydrogens is 346 g/mol. The Hall–Kier alpha value is -1.72. The first-order valence-corrected chi connectivity index (χ1v) is 9.22. The number of hydrogen-bond donors (Lipinski definition) is 1. The van der Waals surface area contributed by atoms with E-state index in [1.165, 1.54) is 24.2 Å². The number of halogens is 1. The van der Waals surface area contributed by atoms with Gasteiger partial charge in [0, 0.05) is 6.54 Å². The maximum atomic E-state index is 12.1. The van der Waals surface area contributed by atoms with E-state index in [1.54, 1.807) is 19.2 Å². The zero-order valence-electron chi connectivity index (χ0n) is 13.5. The van der Waals surface area contributed by atoms with Gasteiger partial charge in [-0.2, -0.15) is 0 Å². The maximum absolute atomic E-state index is 12.1. The van der Waals surface area contributed by atoms with Gasteiger partial charge in [0.15, 0.2) is 11.5 Å². The number of hydrogen-bond acceptors (Lipinski definition) is 4. The molecule has 0 unspecified atom stereocenters. The van der Waals surface area contributed by atoms with E-state index in [2.05, 4.69) is 5.32 Å². The third-order valence-corrected chi connectivity index (χ3v) is 5.30. The van der Waals surface area contributed by atoms with E-state index in [9.17, 15) is 4.79 Å². The highest BCUT2D eigenvalue weighted by Crippen LogP contribution is 2.32. The van der Waals surface area contributed by atoms with Crippen molar-refractivity contribution in [3.05, 3.63) is 45.1 Å². The molecule has 0 bridgehead atoms. The largest absolute Gasteiger partial charge is 0.493 e. The van der Waals surface area contributed by atoms with Crippen LogP contribution < -0.4 is 14.8 Å². The highest BCUT2D eigenvalue weighted by Gasteiger charge is 2.18. The molecule has 1 aliphatic rings. The van der Waals surface area contributed by atoms with E-state index >= 15 is 0 Å². The zero-order chi connectivity index (χ0) is 16.9. The SMILES string of the molecule is COc1cc(CNC(=O)c2ccc(Cl)s2)ccc1OC1CCCC1. The number of ether oxygens (including phenoxy) is 2. The van der Waals surface area contributed by atoms with Crippen LogP contribution >= 0.6 is 22.9 Å². The van der Waals surface area contributed by atoms with Gasteiger partial charge >= 0.3 is 0 Å². The molecule has 4 nitrogen and oxygen atoms in total. The Balaban J connectivity index is 1.62. The van der Waals surface area contributed by atoms with E-state index in [4.69, 9.17) is 21.1 Å². The van der Waals surface area contributed by atoms with Crippen LogP contribution in [0.1, 0.15) is 40.9 Å². The van der Waals surface area contributed by atoms with Crippen molar-refractivity contribution in [2.75, 3.05) is 7.11 Å². The van der Waals surface area contributed by atoms with Gasteiger partial charge < -0.3 is 14.8 Å². The molecule has 1 aromatic carbocycles. The second-order valence-corrected chi connectivity index (χ2v) is 7.51. The van der Waals surface area contributed by atoms with Crippen LogP contribution in [0.3, 0.4) is 0 Å². The number of carbonyl (C=O) groups excluding carboxylic acids is 1. The smallest absolute Gasteiger partial charge is 0.261 e. The first kappa shape index (κ1) is 17.1. The van der Waals surface area contributed by atoms with Gasteiger partial charge in [-0.25, -0.2) is 0 Å². The molecule has 1 fully saturated rings. The van der Waals surface area contributed by atoms with Gasteiger partial charge in [0.1, 0.15) is 0 Å². The minimum atomic E-state index is -0.128. The molecule has 0 radical (unpaired) electrons. The molecule has 0 atom stereocenters. The number of nitrogens with one attached hydrogen (secondary N) is 1. The predicted molar refractivity (Wildman–Crippen MR) is 96.4 cm³/mol. The summed E-state index contributed by atoms with van der Waals surface area (Å²) in [4.78, 5) is 12.7. The molecule has 0 aliphatic heterocycles. The van der Waals surface area contributed by atoms with Gasteiger partial charge in [-0.05, 0) is 55.5 Å². The van der Waals surface area contributed by atoms with Crippen molar-refractivity contribution in [3.8, 4) is 11.5 Å². The van der Waals surface area contributed by atoms with E-state index in [-0.39, 0.29) is 12.0 Å². The van der Waals surface area contributed by atoms with Crippen molar-refractivity contribution in [3.63, 3.8) is 0 Å². The van der Waals surface area contributed by atoms with E-state index in [0.717, 1.165) is 24.2 Å². The number of methoxy groups -OCH3 is 1. The molecule has 6 heteroatoms. The van der Waals surface area contributed by atoms with Crippen molar-refractivity contribution < 1.29 is 14.3 Å². The third kappa shape index (κ3) is 4.22. The number of carbonyl (C=O) groups is 1. The van der Waals surface area contributed by atoms with Gasteiger partial charge in [-0.3, -0.25) is 4.79 Å². The number of benzene rings is 1. The fourth-order valence-corrected chi connectivity index (χ4v) is 3.77. The summed E-state index contributed by atoms with van der Waals surface area (Å²) in [5.74, 6) is 1.34. The summed E-state index contributed by atoms with van der Waals surface area (Å²) in [5, 5.41) is 2.89. The number of amides is 1. The van der Waals surface area contributed by atoms with Crippen LogP contribution in [-0.2, 0) is 6.54 Å². The Kier molecular flexibility index (Phi) is 5.63. The topological polar surface area (TPSA) is 47.6 Å². The first-order chi connectivity index (χ1) is 11.7. The minimum Gasteiger partial charge on any atom is -0.493 e. The molecule has 0 saturated heterocycles. The zero-order valence-corrected chi connectivity index (χ0v) is 15.1. The average Bonchev–Trinajstić information content (AvgIpc) is 3.25. The fraction of sp³-hybridized carbons (Fsp3) is 0.389. The molecule has 1 aliphatic carbocycles. The lowest BCUT2D eigenvalue weighted by Crippen LogP contribution is -2.21. The molecule has 1 heterocycles. The predicted octanol–water partition coefficient (Wildman–Crippen LogP) is 4.66. The summed E-state index contributed by atoms with van der Waals surface area (Å²) in [6.45, 7) is 0.425. The molecule has 128 valence electrons. The standard InChI is InChI=1S/C18H20ClNO3S/c1-22-15-10-12(6-7-14(15)23-13-4-2-3-5-13)11-20-18(21)16-8-9-17(19)24-16/h6-10,13H,2-5,11H2,1H3,(H,20,21). The summed E-state index contributed by atoms with van der Waals surface area (Å²) in [7, 11) is 1.63. The summed E-state index contributed by atoms with van der Waals surface area (Å²) in [6, 6.07) is 9.22. The van der Waals surface area contributed by atoms with Crippen molar-refractivity contribution >= 4 is 28.8 Å². The molecule has 2 aromatic rings. The molecule has 24 heavy (non-hydrogen) atoms. The van der Waals surface area contributed by atoms with E-state index < -0.39 is 0 Å². The Morgan fingerprint density at radius 3 is 2.71 bits per heavy atom. The lowest BCUT2D eigenvalue weighted by Gasteiger charge is -2.16. The second-order valence-electron chi connectivity index (χ2n) is 5.80. The molecule has 1 amide bonds. The molecule has 0 spiro atoms. The monoisotopic (exact) mass is 365 g/mol. The van der Waals surface area contributed by atoms with Gasteiger partial charge in [0.2, 0.25) is 0 Å². The summed E-state index contributed by atoms with van der Waals surface area (Å²) in [5.41, 5.74) is 0.960. The van der Waals surface area contributed by atoms with Crippen molar-refractivity contribution in [2.45, 2.75) is 38.3 Å². The van der Waals surface area contributed by atoms with Crippen LogP contribution in [0.15, 0.2) is 30.3 Å². The average molecular weight is 366 g/mol. The number of rotatable bonds is 6. The highest BCUT2D eigenvalue weighted by molar-refractivity contribution is 7.17. The fourth-order valence-electron chi connectivity index (χ4n) is 2.81. The van der Waals surface area contributed by atoms with Gasteiger partial charge in [-0.1, -0.05) is 17.7 Å². The summed E-state index contributed by atoms with van der Waals surface area (Å²) < 4.78 is 12.1. The van der Waals surface area contributed by atoms with Gasteiger partial charge in [-0.15, -0.1) is 11.3 Å². The quantitative estimate of drug-likeness (QED) is 0.809. The van der Waals surface area contributed by atoms with Crippen LogP contribution in [0.25, 0.3) is 0 Å². The molecular formula is C18H20ClNO3S. The van der Waals surface area contributed by atoms with E-state index in [0.29, 0.717) is 21.5 Å². The molecule has 3 rings (SSSR count). The highest BCUT2D eigenvalue weighted by atomic mass is 35.5. The van der Waals surface area contributed by atoms with Crippen molar-refractivity contribution in [1.82, 2.24) is 5.32 Å². The molecule has 1 N–H and O–H groups in total. The lowest BCUT2D eigenvalue weighted by molar-refractivity contribution is 0.0955. The van der Waals surface area contributed by atoms with Crippen LogP contribution in [0.4, 0.5) is 0 Å². The normalized spacial score (nSPS) is 14.6. The van der Waals surface area contributed by atoms with Crippen molar-refractivity contribution in [2.24, 2.45) is 0 Å². The lowest BCUT2D eigenvalue weighted by atomic mass is 10.2. The molecule has 1 saturated carbocycles. The van der Waals surface area contributed by atoms with Gasteiger partial charge in [0.25, 0.3) is 5.91 Å². The third-order valence-electron chi connectivity index (χ3n) is 4.07. The van der Waals surface area contributed by atoms with Crippen LogP contribution in [0, 0.1) is 0 Å². The van der Waals surface area contributed by atoms with Crippen LogP contribution in [-0.4, -0.2) is 19.1 Å². The summed E-state index contributed by atoms with van der Waals surface area (Å²) in [6.07, 6.45) is 4.94. The second kappa shape index (κ2) is 7.90.